The standard InChI is InChI=1S/C13H22N4O/c1-10-7-11(9-14-8-10)13(18)15-5-3-12-4-6-16-17(12)2/h4,6,10-11,14H,3,5,7-9H2,1-2H3,(H,15,18). The summed E-state index contributed by atoms with van der Waals surface area (Å²) >= 11 is 0. The third-order valence-corrected chi connectivity index (χ3v) is 3.54. The smallest absolute Gasteiger partial charge is 0.224 e. The van der Waals surface area contributed by atoms with Crippen LogP contribution in [0.3, 0.4) is 0 Å². The van der Waals surface area contributed by atoms with Crippen molar-refractivity contribution in [1.82, 2.24) is 20.4 Å². The maximum absolute atomic E-state index is 12.0. The summed E-state index contributed by atoms with van der Waals surface area (Å²) in [6.07, 6.45) is 3.60. The highest BCUT2D eigenvalue weighted by Crippen LogP contribution is 2.15. The molecule has 1 saturated heterocycles. The summed E-state index contributed by atoms with van der Waals surface area (Å²) in [5, 5.41) is 10.4. The molecule has 2 atom stereocenters. The van der Waals surface area contributed by atoms with Crippen LogP contribution in [0.15, 0.2) is 12.3 Å². The van der Waals surface area contributed by atoms with E-state index in [1.807, 2.05) is 17.8 Å². The Hall–Kier alpha value is -1.36. The Morgan fingerprint density at radius 3 is 3.11 bits per heavy atom. The average Bonchev–Trinajstić information content (AvgIpc) is 2.75. The summed E-state index contributed by atoms with van der Waals surface area (Å²) in [4.78, 5) is 12.0. The Morgan fingerprint density at radius 2 is 2.44 bits per heavy atom. The minimum Gasteiger partial charge on any atom is -0.355 e. The topological polar surface area (TPSA) is 59.0 Å². The summed E-state index contributed by atoms with van der Waals surface area (Å²) < 4.78 is 1.84. The monoisotopic (exact) mass is 250 g/mol. The van der Waals surface area contributed by atoms with Crippen LogP contribution < -0.4 is 10.6 Å². The predicted molar refractivity (Wildman–Crippen MR) is 70.1 cm³/mol. The molecule has 1 aromatic rings. The van der Waals surface area contributed by atoms with Crippen molar-refractivity contribution >= 4 is 5.91 Å². The van der Waals surface area contributed by atoms with Crippen molar-refractivity contribution in [3.05, 3.63) is 18.0 Å². The van der Waals surface area contributed by atoms with Gasteiger partial charge in [-0.25, -0.2) is 0 Å². The van der Waals surface area contributed by atoms with Crippen LogP contribution in [-0.2, 0) is 18.3 Å². The number of amides is 1. The molecule has 1 aliphatic rings. The number of aromatic nitrogens is 2. The minimum atomic E-state index is 0.125. The van der Waals surface area contributed by atoms with Gasteiger partial charge >= 0.3 is 0 Å². The molecule has 0 aliphatic carbocycles. The zero-order chi connectivity index (χ0) is 13.0. The molecule has 5 nitrogen and oxygen atoms in total. The van der Waals surface area contributed by atoms with Crippen molar-refractivity contribution < 1.29 is 4.79 Å². The second kappa shape index (κ2) is 6.00. The highest BCUT2D eigenvalue weighted by molar-refractivity contribution is 5.79. The first-order valence-electron chi connectivity index (χ1n) is 6.62. The van der Waals surface area contributed by atoms with E-state index in [1.165, 1.54) is 0 Å². The van der Waals surface area contributed by atoms with Crippen molar-refractivity contribution in [3.8, 4) is 0 Å². The zero-order valence-corrected chi connectivity index (χ0v) is 11.1. The van der Waals surface area contributed by atoms with Crippen LogP contribution in [0.2, 0.25) is 0 Å². The SMILES string of the molecule is CC1CNCC(C(=O)NCCc2ccnn2C)C1. The van der Waals surface area contributed by atoms with Gasteiger partial charge in [0, 0.05) is 38.4 Å². The van der Waals surface area contributed by atoms with Gasteiger partial charge in [0.05, 0.1) is 5.92 Å². The molecule has 100 valence electrons. The first kappa shape index (κ1) is 13.1. The van der Waals surface area contributed by atoms with Crippen molar-refractivity contribution in [1.29, 1.82) is 0 Å². The summed E-state index contributed by atoms with van der Waals surface area (Å²) in [5.41, 5.74) is 1.14. The fourth-order valence-electron chi connectivity index (χ4n) is 2.46. The number of nitrogens with one attached hydrogen (secondary N) is 2. The number of carbonyl (C=O) groups excluding carboxylic acids is 1. The van der Waals surface area contributed by atoms with Crippen LogP contribution in [0, 0.1) is 11.8 Å². The highest BCUT2D eigenvalue weighted by atomic mass is 16.1. The van der Waals surface area contributed by atoms with E-state index in [0.29, 0.717) is 12.5 Å². The zero-order valence-electron chi connectivity index (χ0n) is 11.1. The van der Waals surface area contributed by atoms with E-state index in [-0.39, 0.29) is 11.8 Å². The first-order chi connectivity index (χ1) is 8.66. The van der Waals surface area contributed by atoms with Gasteiger partial charge < -0.3 is 10.6 Å². The minimum absolute atomic E-state index is 0.125. The Bertz CT molecular complexity index is 401. The van der Waals surface area contributed by atoms with E-state index in [9.17, 15) is 4.79 Å². The molecule has 0 bridgehead atoms. The maximum Gasteiger partial charge on any atom is 0.224 e. The molecule has 0 spiro atoms. The number of hydrogen-bond donors (Lipinski definition) is 2. The van der Waals surface area contributed by atoms with Crippen LogP contribution in [0.4, 0.5) is 0 Å². The van der Waals surface area contributed by atoms with Gasteiger partial charge in [-0.1, -0.05) is 6.92 Å². The summed E-state index contributed by atoms with van der Waals surface area (Å²) in [7, 11) is 1.92. The van der Waals surface area contributed by atoms with E-state index in [4.69, 9.17) is 0 Å². The molecule has 2 heterocycles. The largest absolute Gasteiger partial charge is 0.355 e. The Morgan fingerprint density at radius 1 is 1.61 bits per heavy atom. The fraction of sp³-hybridized carbons (Fsp3) is 0.692. The van der Waals surface area contributed by atoms with Gasteiger partial charge in [-0.05, 0) is 24.9 Å². The summed E-state index contributed by atoms with van der Waals surface area (Å²) in [6, 6.07) is 1.98. The number of piperidine rings is 1. The molecule has 0 radical (unpaired) electrons. The molecular weight excluding hydrogens is 228 g/mol. The highest BCUT2D eigenvalue weighted by Gasteiger charge is 2.24. The van der Waals surface area contributed by atoms with E-state index < -0.39 is 0 Å². The molecule has 2 N–H and O–H groups in total. The Kier molecular flexibility index (Phi) is 4.36. The predicted octanol–water partition coefficient (Wildman–Crippen LogP) is 0.324. The Balaban J connectivity index is 1.73. The lowest BCUT2D eigenvalue weighted by Crippen LogP contribution is -2.43. The van der Waals surface area contributed by atoms with Crippen molar-refractivity contribution in [2.24, 2.45) is 18.9 Å². The molecule has 1 aliphatic heterocycles. The van der Waals surface area contributed by atoms with Crippen molar-refractivity contribution in [2.45, 2.75) is 19.8 Å². The van der Waals surface area contributed by atoms with Crippen molar-refractivity contribution in [3.63, 3.8) is 0 Å². The van der Waals surface area contributed by atoms with Gasteiger partial charge in [-0.3, -0.25) is 9.48 Å². The lowest BCUT2D eigenvalue weighted by atomic mass is 9.91. The first-order valence-corrected chi connectivity index (χ1v) is 6.62. The lowest BCUT2D eigenvalue weighted by molar-refractivity contribution is -0.125. The normalized spacial score (nSPS) is 23.9. The van der Waals surface area contributed by atoms with Crippen LogP contribution in [-0.4, -0.2) is 35.3 Å². The quantitative estimate of drug-likeness (QED) is 0.809. The molecule has 1 amide bonds. The number of rotatable bonds is 4. The van der Waals surface area contributed by atoms with E-state index in [2.05, 4.69) is 22.7 Å². The van der Waals surface area contributed by atoms with E-state index >= 15 is 0 Å². The number of carbonyl (C=O) groups is 1. The molecule has 1 aromatic heterocycles. The van der Waals surface area contributed by atoms with E-state index in [1.54, 1.807) is 6.20 Å². The number of nitrogens with zero attached hydrogens (tertiary/aromatic N) is 2. The molecule has 1 fully saturated rings. The van der Waals surface area contributed by atoms with E-state index in [0.717, 1.165) is 31.6 Å². The van der Waals surface area contributed by atoms with Gasteiger partial charge in [0.15, 0.2) is 0 Å². The van der Waals surface area contributed by atoms with Crippen LogP contribution in [0.25, 0.3) is 0 Å². The van der Waals surface area contributed by atoms with Crippen molar-refractivity contribution in [2.75, 3.05) is 19.6 Å². The third kappa shape index (κ3) is 3.32. The molecule has 0 saturated carbocycles. The number of aryl methyl sites for hydroxylation is 1. The summed E-state index contributed by atoms with van der Waals surface area (Å²) in [5.74, 6) is 0.892. The van der Waals surface area contributed by atoms with Gasteiger partial charge in [0.25, 0.3) is 0 Å². The molecule has 18 heavy (non-hydrogen) atoms. The molecule has 5 heteroatoms. The lowest BCUT2D eigenvalue weighted by Gasteiger charge is -2.26. The average molecular weight is 250 g/mol. The Labute approximate surface area is 108 Å². The fourth-order valence-corrected chi connectivity index (χ4v) is 2.46. The third-order valence-electron chi connectivity index (χ3n) is 3.54. The second-order valence-corrected chi connectivity index (χ2v) is 5.18. The van der Waals surface area contributed by atoms with Crippen LogP contribution in [0.5, 0.6) is 0 Å². The number of hydrogen-bond acceptors (Lipinski definition) is 3. The second-order valence-electron chi connectivity index (χ2n) is 5.18. The van der Waals surface area contributed by atoms with Gasteiger partial charge in [0.1, 0.15) is 0 Å². The molecule has 2 rings (SSSR count). The van der Waals surface area contributed by atoms with Crippen LogP contribution >= 0.6 is 0 Å². The molecule has 0 aromatic carbocycles. The summed E-state index contributed by atoms with van der Waals surface area (Å²) in [6.45, 7) is 4.70. The molecular formula is C13H22N4O. The van der Waals surface area contributed by atoms with Gasteiger partial charge in [-0.15, -0.1) is 0 Å². The maximum atomic E-state index is 12.0. The van der Waals surface area contributed by atoms with Gasteiger partial charge in [-0.2, -0.15) is 5.10 Å². The van der Waals surface area contributed by atoms with Gasteiger partial charge in [0.2, 0.25) is 5.91 Å². The molecule has 2 unspecified atom stereocenters. The van der Waals surface area contributed by atoms with Crippen LogP contribution in [0.1, 0.15) is 19.0 Å².